The molecule has 26 heavy (non-hydrogen) atoms. The lowest BCUT2D eigenvalue weighted by molar-refractivity contribution is 0.570. The maximum absolute atomic E-state index is 13.9. The first-order chi connectivity index (χ1) is 11.9. The highest BCUT2D eigenvalue weighted by atomic mass is 35.5. The van der Waals surface area contributed by atoms with Crippen molar-refractivity contribution in [2.45, 2.75) is 4.90 Å². The molecule has 0 aliphatic heterocycles. The van der Waals surface area contributed by atoms with Crippen LogP contribution in [0.4, 0.5) is 14.5 Å². The van der Waals surface area contributed by atoms with E-state index in [1.807, 2.05) is 0 Å². The smallest absolute Gasteiger partial charge is 0.255 e. The molecule has 0 amide bonds. The standard InChI is InChI=1S/C14H10Cl2F2N2O4S2/c15-10-2-1-8(5-11(10)16)3-4-25(21,22)20-14-12(18)6-9(17)7-13(14)26(19,23)24/h1-7,20H,(H2,19,23,24). The second kappa shape index (κ2) is 7.49. The lowest BCUT2D eigenvalue weighted by Gasteiger charge is -2.11. The SMILES string of the molecule is NS(=O)(=O)c1cc(F)cc(F)c1NS(=O)(=O)C=Cc1ccc(Cl)c(Cl)c1. The number of benzene rings is 2. The zero-order chi connectivity index (χ0) is 19.7. The molecule has 0 spiro atoms. The molecular formula is C14H10Cl2F2N2O4S2. The number of rotatable bonds is 5. The Morgan fingerprint density at radius 3 is 2.23 bits per heavy atom. The van der Waals surface area contributed by atoms with Crippen molar-refractivity contribution in [3.05, 3.63) is 63.0 Å². The van der Waals surface area contributed by atoms with Gasteiger partial charge in [0.2, 0.25) is 10.0 Å². The normalized spacial score (nSPS) is 12.5. The van der Waals surface area contributed by atoms with Crippen molar-refractivity contribution in [3.63, 3.8) is 0 Å². The van der Waals surface area contributed by atoms with Crippen LogP contribution >= 0.6 is 23.2 Å². The summed E-state index contributed by atoms with van der Waals surface area (Å²) in [7, 11) is -8.95. The monoisotopic (exact) mass is 442 g/mol. The van der Waals surface area contributed by atoms with Crippen LogP contribution in [0.25, 0.3) is 6.08 Å². The number of anilines is 1. The van der Waals surface area contributed by atoms with E-state index in [-0.39, 0.29) is 10.0 Å². The van der Waals surface area contributed by atoms with Crippen molar-refractivity contribution >= 4 is 55.0 Å². The van der Waals surface area contributed by atoms with Gasteiger partial charge in [0, 0.05) is 6.07 Å². The van der Waals surface area contributed by atoms with Gasteiger partial charge in [0.15, 0.2) is 5.82 Å². The molecule has 0 saturated carbocycles. The number of sulfonamides is 2. The van der Waals surface area contributed by atoms with Crippen molar-refractivity contribution in [1.29, 1.82) is 0 Å². The molecule has 12 heteroatoms. The highest BCUT2D eigenvalue weighted by Gasteiger charge is 2.22. The minimum Gasteiger partial charge on any atom is -0.276 e. The number of hydrogen-bond acceptors (Lipinski definition) is 4. The molecule has 2 rings (SSSR count). The Bertz CT molecular complexity index is 1100. The minimum absolute atomic E-state index is 0.181. The summed E-state index contributed by atoms with van der Waals surface area (Å²) in [5, 5.41) is 5.95. The summed E-state index contributed by atoms with van der Waals surface area (Å²) in [4.78, 5) is -1.04. The summed E-state index contributed by atoms with van der Waals surface area (Å²) < 4.78 is 75.9. The fraction of sp³-hybridized carbons (Fsp3) is 0. The van der Waals surface area contributed by atoms with E-state index in [2.05, 4.69) is 0 Å². The van der Waals surface area contributed by atoms with E-state index in [4.69, 9.17) is 28.3 Å². The second-order valence-corrected chi connectivity index (χ2v) is 8.84. The third-order valence-electron chi connectivity index (χ3n) is 2.95. The molecular weight excluding hydrogens is 433 g/mol. The van der Waals surface area contributed by atoms with Crippen molar-refractivity contribution < 1.29 is 25.6 Å². The molecule has 0 aliphatic rings. The van der Waals surface area contributed by atoms with Crippen LogP contribution in [0.15, 0.2) is 40.6 Å². The summed E-state index contributed by atoms with van der Waals surface area (Å²) in [6.45, 7) is 0. The van der Waals surface area contributed by atoms with E-state index in [0.717, 1.165) is 6.08 Å². The largest absolute Gasteiger partial charge is 0.276 e. The van der Waals surface area contributed by atoms with E-state index in [9.17, 15) is 25.6 Å². The highest BCUT2D eigenvalue weighted by molar-refractivity contribution is 7.95. The van der Waals surface area contributed by atoms with E-state index in [0.29, 0.717) is 23.1 Å². The van der Waals surface area contributed by atoms with E-state index in [1.54, 1.807) is 4.72 Å². The maximum Gasteiger partial charge on any atom is 0.255 e. The first kappa shape index (κ1) is 20.6. The predicted molar refractivity (Wildman–Crippen MR) is 95.8 cm³/mol. The van der Waals surface area contributed by atoms with E-state index >= 15 is 0 Å². The summed E-state index contributed by atoms with van der Waals surface area (Å²) >= 11 is 11.5. The Hall–Kier alpha value is -1.72. The number of primary sulfonamides is 1. The van der Waals surface area contributed by atoms with Crippen LogP contribution in [-0.2, 0) is 20.0 Å². The molecule has 0 saturated heterocycles. The molecule has 0 unspecified atom stereocenters. The topological polar surface area (TPSA) is 106 Å². The quantitative estimate of drug-likeness (QED) is 0.740. The molecule has 0 atom stereocenters. The van der Waals surface area contributed by atoms with Gasteiger partial charge in [-0.05, 0) is 29.8 Å². The molecule has 0 aromatic heterocycles. The molecule has 6 nitrogen and oxygen atoms in total. The van der Waals surface area contributed by atoms with E-state index in [1.165, 1.54) is 18.2 Å². The summed E-state index contributed by atoms with van der Waals surface area (Å²) in [6, 6.07) is 5.00. The Labute approximate surface area is 158 Å². The molecule has 0 bridgehead atoms. The first-order valence-electron chi connectivity index (χ1n) is 6.57. The van der Waals surface area contributed by atoms with Gasteiger partial charge in [0.05, 0.1) is 15.5 Å². The molecule has 0 aliphatic carbocycles. The average Bonchev–Trinajstić information content (AvgIpc) is 2.50. The number of nitrogens with two attached hydrogens (primary N) is 1. The zero-order valence-corrected chi connectivity index (χ0v) is 15.7. The van der Waals surface area contributed by atoms with Crippen LogP contribution in [0.3, 0.4) is 0 Å². The van der Waals surface area contributed by atoms with Crippen molar-refractivity contribution in [1.82, 2.24) is 0 Å². The predicted octanol–water partition coefficient (Wildman–Crippen LogP) is 3.33. The molecule has 140 valence electrons. The summed E-state index contributed by atoms with van der Waals surface area (Å²) in [6.07, 6.45) is 1.11. The fourth-order valence-electron chi connectivity index (χ4n) is 1.83. The van der Waals surface area contributed by atoms with Gasteiger partial charge < -0.3 is 0 Å². The molecule has 3 N–H and O–H groups in total. The van der Waals surface area contributed by atoms with Crippen LogP contribution < -0.4 is 9.86 Å². The number of halogens is 4. The second-order valence-electron chi connectivity index (χ2n) is 4.93. The lowest BCUT2D eigenvalue weighted by Crippen LogP contribution is -2.19. The van der Waals surface area contributed by atoms with Crippen LogP contribution in [0.1, 0.15) is 5.56 Å². The van der Waals surface area contributed by atoms with Crippen molar-refractivity contribution in [2.24, 2.45) is 5.14 Å². The van der Waals surface area contributed by atoms with Gasteiger partial charge in [-0.2, -0.15) is 0 Å². The van der Waals surface area contributed by atoms with Gasteiger partial charge in [-0.3, -0.25) is 4.72 Å². The van der Waals surface area contributed by atoms with Gasteiger partial charge in [-0.1, -0.05) is 29.3 Å². The molecule has 2 aromatic rings. The Morgan fingerprint density at radius 2 is 1.65 bits per heavy atom. The Kier molecular flexibility index (Phi) is 5.93. The lowest BCUT2D eigenvalue weighted by atomic mass is 10.2. The highest BCUT2D eigenvalue weighted by Crippen LogP contribution is 2.27. The first-order valence-corrected chi connectivity index (χ1v) is 10.4. The third kappa shape index (κ3) is 5.15. The van der Waals surface area contributed by atoms with Gasteiger partial charge >= 0.3 is 0 Å². The average molecular weight is 443 g/mol. The van der Waals surface area contributed by atoms with Gasteiger partial charge in [-0.25, -0.2) is 30.8 Å². The van der Waals surface area contributed by atoms with Crippen LogP contribution in [0, 0.1) is 11.6 Å². The molecule has 0 radical (unpaired) electrons. The molecule has 0 fully saturated rings. The minimum atomic E-state index is -4.59. The third-order valence-corrected chi connectivity index (χ3v) is 5.61. The van der Waals surface area contributed by atoms with Crippen LogP contribution in [0.2, 0.25) is 10.0 Å². The molecule has 2 aromatic carbocycles. The van der Waals surface area contributed by atoms with Crippen LogP contribution in [-0.4, -0.2) is 16.8 Å². The Morgan fingerprint density at radius 1 is 1.00 bits per heavy atom. The van der Waals surface area contributed by atoms with Gasteiger partial charge in [0.1, 0.15) is 16.4 Å². The number of hydrogen-bond donors (Lipinski definition) is 2. The van der Waals surface area contributed by atoms with Crippen molar-refractivity contribution in [3.8, 4) is 0 Å². The maximum atomic E-state index is 13.9. The van der Waals surface area contributed by atoms with Crippen molar-refractivity contribution in [2.75, 3.05) is 4.72 Å². The zero-order valence-electron chi connectivity index (χ0n) is 12.6. The van der Waals surface area contributed by atoms with Gasteiger partial charge in [-0.15, -0.1) is 0 Å². The fourth-order valence-corrected chi connectivity index (χ4v) is 3.81. The summed E-state index contributed by atoms with van der Waals surface area (Å²) in [5.41, 5.74) is -0.635. The van der Waals surface area contributed by atoms with Crippen LogP contribution in [0.5, 0.6) is 0 Å². The summed E-state index contributed by atoms with van der Waals surface area (Å²) in [5.74, 6) is -2.68. The van der Waals surface area contributed by atoms with E-state index < -0.39 is 42.3 Å². The Balaban J connectivity index is 2.41. The molecule has 0 heterocycles. The van der Waals surface area contributed by atoms with Gasteiger partial charge in [0.25, 0.3) is 10.0 Å². The number of nitrogens with one attached hydrogen (secondary N) is 1.